The number of carbonyl (C=O) groups excluding carboxylic acids is 1. The first-order valence-electron chi connectivity index (χ1n) is 7.91. The summed E-state index contributed by atoms with van der Waals surface area (Å²) in [4.78, 5) is 23.7. The molecule has 1 aromatic carbocycles. The quantitative estimate of drug-likeness (QED) is 0.729. The number of nitrogens with zero attached hydrogens (tertiary/aromatic N) is 3. The van der Waals surface area contributed by atoms with Gasteiger partial charge in [-0.1, -0.05) is 6.07 Å². The van der Waals surface area contributed by atoms with Crippen LogP contribution in [0, 0.1) is 0 Å². The Labute approximate surface area is 139 Å². The number of benzene rings is 1. The Morgan fingerprint density at radius 1 is 1.17 bits per heavy atom. The number of carbonyl (C=O) groups is 1. The van der Waals surface area contributed by atoms with Crippen molar-refractivity contribution < 1.29 is 9.53 Å². The van der Waals surface area contributed by atoms with Gasteiger partial charge in [-0.2, -0.15) is 0 Å². The lowest BCUT2D eigenvalue weighted by molar-refractivity contribution is 0.0733. The van der Waals surface area contributed by atoms with Gasteiger partial charge >= 0.3 is 0 Å². The second-order valence-electron chi connectivity index (χ2n) is 5.84. The zero-order valence-electron chi connectivity index (χ0n) is 13.4. The van der Waals surface area contributed by atoms with Crippen molar-refractivity contribution in [2.75, 3.05) is 13.7 Å². The van der Waals surface area contributed by atoms with Crippen LogP contribution in [0.2, 0.25) is 0 Å². The van der Waals surface area contributed by atoms with Gasteiger partial charge in [0.15, 0.2) is 0 Å². The molecule has 0 aliphatic carbocycles. The van der Waals surface area contributed by atoms with Gasteiger partial charge < -0.3 is 9.64 Å². The maximum absolute atomic E-state index is 12.8. The summed E-state index contributed by atoms with van der Waals surface area (Å²) in [5.41, 5.74) is 4.55. The Morgan fingerprint density at radius 2 is 2.08 bits per heavy atom. The second-order valence-corrected chi connectivity index (χ2v) is 5.84. The third-order valence-corrected chi connectivity index (χ3v) is 4.34. The lowest BCUT2D eigenvalue weighted by atomic mass is 10.0. The molecule has 1 aliphatic rings. The van der Waals surface area contributed by atoms with E-state index in [-0.39, 0.29) is 5.91 Å². The Balaban J connectivity index is 1.63. The molecule has 3 aromatic rings. The highest BCUT2D eigenvalue weighted by Gasteiger charge is 2.23. The van der Waals surface area contributed by atoms with Gasteiger partial charge in [-0.25, -0.2) is 0 Å². The van der Waals surface area contributed by atoms with Gasteiger partial charge in [-0.05, 0) is 42.0 Å². The van der Waals surface area contributed by atoms with Gasteiger partial charge in [-0.15, -0.1) is 0 Å². The molecule has 0 saturated heterocycles. The third kappa shape index (κ3) is 2.58. The van der Waals surface area contributed by atoms with Crippen molar-refractivity contribution in [2.45, 2.75) is 13.0 Å². The monoisotopic (exact) mass is 319 g/mol. The summed E-state index contributed by atoms with van der Waals surface area (Å²) in [6.45, 7) is 1.23. The van der Waals surface area contributed by atoms with E-state index in [9.17, 15) is 4.79 Å². The average molecular weight is 319 g/mol. The molecule has 0 saturated carbocycles. The predicted molar refractivity (Wildman–Crippen MR) is 91.0 cm³/mol. The summed E-state index contributed by atoms with van der Waals surface area (Å²) in [6.07, 6.45) is 2.52. The molecule has 24 heavy (non-hydrogen) atoms. The molecule has 1 amide bonds. The summed E-state index contributed by atoms with van der Waals surface area (Å²) in [7, 11) is 1.60. The van der Waals surface area contributed by atoms with E-state index in [1.54, 1.807) is 19.4 Å². The van der Waals surface area contributed by atoms with E-state index < -0.39 is 0 Å². The fourth-order valence-corrected chi connectivity index (χ4v) is 3.07. The van der Waals surface area contributed by atoms with Crippen molar-refractivity contribution in [3.05, 3.63) is 65.5 Å². The van der Waals surface area contributed by atoms with E-state index in [1.807, 2.05) is 41.3 Å². The van der Waals surface area contributed by atoms with Crippen LogP contribution in [-0.2, 0) is 13.0 Å². The fraction of sp³-hybridized carbons (Fsp3) is 0.211. The van der Waals surface area contributed by atoms with Crippen molar-refractivity contribution >= 4 is 16.9 Å². The van der Waals surface area contributed by atoms with E-state index in [2.05, 4.69) is 9.97 Å². The first kappa shape index (κ1) is 14.6. The minimum absolute atomic E-state index is 0.0145. The molecule has 0 N–H and O–H groups in total. The first-order chi connectivity index (χ1) is 11.7. The SMILES string of the molecule is COc1cccc(C(=O)N2CCc3nc4cccnc4cc3C2)c1. The molecule has 3 heterocycles. The van der Waals surface area contributed by atoms with E-state index >= 15 is 0 Å². The van der Waals surface area contributed by atoms with Crippen molar-refractivity contribution in [1.82, 2.24) is 14.9 Å². The largest absolute Gasteiger partial charge is 0.497 e. The Kier molecular flexibility index (Phi) is 3.61. The smallest absolute Gasteiger partial charge is 0.254 e. The molecule has 5 heteroatoms. The second kappa shape index (κ2) is 5.92. The summed E-state index contributed by atoms with van der Waals surface area (Å²) < 4.78 is 5.21. The van der Waals surface area contributed by atoms with Gasteiger partial charge in [0, 0.05) is 37.0 Å². The first-order valence-corrected chi connectivity index (χ1v) is 7.91. The van der Waals surface area contributed by atoms with Crippen molar-refractivity contribution in [2.24, 2.45) is 0 Å². The topological polar surface area (TPSA) is 55.3 Å². The minimum Gasteiger partial charge on any atom is -0.497 e. The summed E-state index contributed by atoms with van der Waals surface area (Å²) in [6, 6.07) is 13.2. The van der Waals surface area contributed by atoms with Crippen LogP contribution in [0.1, 0.15) is 21.6 Å². The molecule has 0 spiro atoms. The number of ether oxygens (including phenoxy) is 1. The standard InChI is InChI=1S/C19H17N3O2/c1-24-15-5-2-4-13(10-15)19(23)22-9-7-16-14(12-22)11-18-17(21-16)6-3-8-20-18/h2-6,8,10-11H,7,9,12H2,1H3. The van der Waals surface area contributed by atoms with Crippen molar-refractivity contribution in [1.29, 1.82) is 0 Å². The van der Waals surface area contributed by atoms with Gasteiger partial charge in [0.05, 0.1) is 18.1 Å². The lowest BCUT2D eigenvalue weighted by Gasteiger charge is -2.28. The molecule has 0 atom stereocenters. The number of rotatable bonds is 2. The fourth-order valence-electron chi connectivity index (χ4n) is 3.07. The molecule has 120 valence electrons. The summed E-state index contributed by atoms with van der Waals surface area (Å²) in [5.74, 6) is 0.704. The number of fused-ring (bicyclic) bond motifs is 2. The van der Waals surface area contributed by atoms with Crippen LogP contribution < -0.4 is 4.74 Å². The number of amides is 1. The molecule has 0 unspecified atom stereocenters. The lowest BCUT2D eigenvalue weighted by Crippen LogP contribution is -2.36. The molecular formula is C19H17N3O2. The van der Waals surface area contributed by atoms with Crippen LogP contribution in [0.5, 0.6) is 5.75 Å². The van der Waals surface area contributed by atoms with Gasteiger partial charge in [-0.3, -0.25) is 14.8 Å². The highest BCUT2D eigenvalue weighted by molar-refractivity contribution is 5.94. The normalized spacial score (nSPS) is 13.6. The average Bonchev–Trinajstić information content (AvgIpc) is 2.65. The maximum Gasteiger partial charge on any atom is 0.254 e. The van der Waals surface area contributed by atoms with Crippen LogP contribution in [0.4, 0.5) is 0 Å². The van der Waals surface area contributed by atoms with E-state index in [0.717, 1.165) is 28.7 Å². The van der Waals surface area contributed by atoms with Gasteiger partial charge in [0.2, 0.25) is 0 Å². The summed E-state index contributed by atoms with van der Waals surface area (Å²) >= 11 is 0. The molecular weight excluding hydrogens is 302 g/mol. The third-order valence-electron chi connectivity index (χ3n) is 4.34. The Hall–Kier alpha value is -2.95. The van der Waals surface area contributed by atoms with E-state index in [4.69, 9.17) is 4.74 Å². The molecule has 0 bridgehead atoms. The predicted octanol–water partition coefficient (Wildman–Crippen LogP) is 2.84. The van der Waals surface area contributed by atoms with E-state index in [0.29, 0.717) is 24.4 Å². The number of hydrogen-bond acceptors (Lipinski definition) is 4. The van der Waals surface area contributed by atoms with Gasteiger partial charge in [0.25, 0.3) is 5.91 Å². The highest BCUT2D eigenvalue weighted by atomic mass is 16.5. The minimum atomic E-state index is 0.0145. The van der Waals surface area contributed by atoms with Crippen LogP contribution >= 0.6 is 0 Å². The van der Waals surface area contributed by atoms with Crippen LogP contribution in [0.25, 0.3) is 11.0 Å². The molecule has 2 aromatic heterocycles. The van der Waals surface area contributed by atoms with Crippen molar-refractivity contribution in [3.63, 3.8) is 0 Å². The molecule has 5 nitrogen and oxygen atoms in total. The number of pyridine rings is 2. The van der Waals surface area contributed by atoms with Gasteiger partial charge in [0.1, 0.15) is 5.75 Å². The summed E-state index contributed by atoms with van der Waals surface area (Å²) in [5, 5.41) is 0. The maximum atomic E-state index is 12.8. The molecule has 0 radical (unpaired) electrons. The number of aromatic nitrogens is 2. The molecule has 0 fully saturated rings. The molecule has 4 rings (SSSR count). The zero-order chi connectivity index (χ0) is 16.5. The highest BCUT2D eigenvalue weighted by Crippen LogP contribution is 2.23. The van der Waals surface area contributed by atoms with Crippen LogP contribution in [0.15, 0.2) is 48.7 Å². The zero-order valence-corrected chi connectivity index (χ0v) is 13.4. The number of hydrogen-bond donors (Lipinski definition) is 0. The van der Waals surface area contributed by atoms with Crippen molar-refractivity contribution in [3.8, 4) is 5.75 Å². The van der Waals surface area contributed by atoms with Crippen LogP contribution in [-0.4, -0.2) is 34.4 Å². The Bertz CT molecular complexity index is 923. The molecule has 1 aliphatic heterocycles. The van der Waals surface area contributed by atoms with E-state index in [1.165, 1.54) is 0 Å². The Morgan fingerprint density at radius 3 is 2.96 bits per heavy atom. The number of methoxy groups -OCH3 is 1. The van der Waals surface area contributed by atoms with Crippen LogP contribution in [0.3, 0.4) is 0 Å².